The van der Waals surface area contributed by atoms with Gasteiger partial charge in [0.25, 0.3) is 0 Å². The standard InChI is InChI=1S/C21H30N4O2/c1-14(2)19-12-20(24-21(23-19)22-8-4-10-26)25-9-7-17-11-16(15(3)27)5-6-18(17)13-25/h5-6,11-12,14-15,26-27H,4,7-10,13H2,1-3H3,(H,22,23,24)/t15-/m0/s1. The number of aromatic nitrogens is 2. The molecule has 0 bridgehead atoms. The molecule has 2 aromatic rings. The van der Waals surface area contributed by atoms with Gasteiger partial charge in [0.15, 0.2) is 0 Å². The summed E-state index contributed by atoms with van der Waals surface area (Å²) in [6.07, 6.45) is 1.17. The largest absolute Gasteiger partial charge is 0.396 e. The van der Waals surface area contributed by atoms with Gasteiger partial charge in [-0.1, -0.05) is 32.0 Å². The normalized spacial score (nSPS) is 15.0. The van der Waals surface area contributed by atoms with Gasteiger partial charge < -0.3 is 20.4 Å². The summed E-state index contributed by atoms with van der Waals surface area (Å²) in [6.45, 7) is 8.57. The summed E-state index contributed by atoms with van der Waals surface area (Å²) in [5.74, 6) is 1.88. The molecule has 2 heterocycles. The van der Waals surface area contributed by atoms with Crippen LogP contribution in [0.2, 0.25) is 0 Å². The van der Waals surface area contributed by atoms with Crippen molar-refractivity contribution in [2.45, 2.75) is 52.2 Å². The van der Waals surface area contributed by atoms with Crippen LogP contribution >= 0.6 is 0 Å². The second-order valence-corrected chi connectivity index (χ2v) is 7.51. The zero-order chi connectivity index (χ0) is 19.4. The summed E-state index contributed by atoms with van der Waals surface area (Å²) in [7, 11) is 0. The number of nitrogens with one attached hydrogen (secondary N) is 1. The highest BCUT2D eigenvalue weighted by molar-refractivity contribution is 5.49. The average Bonchev–Trinajstić information content (AvgIpc) is 2.67. The molecule has 1 atom stereocenters. The number of fused-ring (bicyclic) bond motifs is 1. The molecule has 0 fully saturated rings. The number of rotatable bonds is 7. The van der Waals surface area contributed by atoms with Gasteiger partial charge in [0, 0.05) is 32.3 Å². The second-order valence-electron chi connectivity index (χ2n) is 7.51. The summed E-state index contributed by atoms with van der Waals surface area (Å²) in [4.78, 5) is 11.6. The molecule has 1 aromatic carbocycles. The molecule has 0 radical (unpaired) electrons. The Balaban J connectivity index is 1.83. The molecular weight excluding hydrogens is 340 g/mol. The van der Waals surface area contributed by atoms with Gasteiger partial charge >= 0.3 is 0 Å². The van der Waals surface area contributed by atoms with Crippen molar-refractivity contribution in [2.75, 3.05) is 29.9 Å². The van der Waals surface area contributed by atoms with Gasteiger partial charge in [0.2, 0.25) is 5.95 Å². The zero-order valence-electron chi connectivity index (χ0n) is 16.4. The highest BCUT2D eigenvalue weighted by Gasteiger charge is 2.20. The first-order valence-electron chi connectivity index (χ1n) is 9.76. The lowest BCUT2D eigenvalue weighted by molar-refractivity contribution is 0.199. The van der Waals surface area contributed by atoms with E-state index in [1.54, 1.807) is 6.92 Å². The molecule has 1 aliphatic rings. The maximum Gasteiger partial charge on any atom is 0.224 e. The fourth-order valence-corrected chi connectivity index (χ4v) is 3.30. The molecule has 0 saturated carbocycles. The zero-order valence-corrected chi connectivity index (χ0v) is 16.4. The lowest BCUT2D eigenvalue weighted by atomic mass is 9.95. The quantitative estimate of drug-likeness (QED) is 0.650. The first kappa shape index (κ1) is 19.6. The van der Waals surface area contributed by atoms with Gasteiger partial charge in [-0.2, -0.15) is 4.98 Å². The molecule has 27 heavy (non-hydrogen) atoms. The molecule has 0 unspecified atom stereocenters. The van der Waals surface area contributed by atoms with Crippen LogP contribution in [0.4, 0.5) is 11.8 Å². The Hall–Kier alpha value is -2.18. The van der Waals surface area contributed by atoms with Crippen LogP contribution in [0, 0.1) is 0 Å². The molecule has 1 aromatic heterocycles. The number of anilines is 2. The molecule has 6 heteroatoms. The monoisotopic (exact) mass is 370 g/mol. The third-order valence-corrected chi connectivity index (χ3v) is 4.99. The number of aliphatic hydroxyl groups is 2. The van der Waals surface area contributed by atoms with E-state index in [-0.39, 0.29) is 6.61 Å². The minimum absolute atomic E-state index is 0.154. The maximum absolute atomic E-state index is 9.81. The summed E-state index contributed by atoms with van der Waals surface area (Å²) in [5.41, 5.74) is 4.58. The summed E-state index contributed by atoms with van der Waals surface area (Å²) < 4.78 is 0. The van der Waals surface area contributed by atoms with Crippen molar-refractivity contribution in [1.29, 1.82) is 0 Å². The van der Waals surface area contributed by atoms with Crippen LogP contribution in [0.5, 0.6) is 0 Å². The van der Waals surface area contributed by atoms with Gasteiger partial charge in [0.1, 0.15) is 5.82 Å². The fourth-order valence-electron chi connectivity index (χ4n) is 3.30. The minimum atomic E-state index is -0.434. The molecule has 0 aliphatic carbocycles. The highest BCUT2D eigenvalue weighted by Crippen LogP contribution is 2.28. The molecule has 3 N–H and O–H groups in total. The molecule has 0 saturated heterocycles. The number of benzene rings is 1. The number of aliphatic hydroxyl groups excluding tert-OH is 2. The van der Waals surface area contributed by atoms with Crippen LogP contribution in [0.15, 0.2) is 24.3 Å². The predicted molar refractivity (Wildman–Crippen MR) is 108 cm³/mol. The minimum Gasteiger partial charge on any atom is -0.396 e. The first-order valence-corrected chi connectivity index (χ1v) is 9.76. The lowest BCUT2D eigenvalue weighted by Crippen LogP contribution is -2.31. The Kier molecular flexibility index (Phi) is 6.29. The summed E-state index contributed by atoms with van der Waals surface area (Å²) in [6, 6.07) is 8.33. The number of nitrogens with zero attached hydrogens (tertiary/aromatic N) is 3. The Bertz CT molecular complexity index is 777. The highest BCUT2D eigenvalue weighted by atomic mass is 16.3. The van der Waals surface area contributed by atoms with Gasteiger partial charge in [-0.3, -0.25) is 0 Å². The smallest absolute Gasteiger partial charge is 0.224 e. The Morgan fingerprint density at radius 3 is 2.67 bits per heavy atom. The predicted octanol–water partition coefficient (Wildman–Crippen LogP) is 3.01. The molecule has 1 aliphatic heterocycles. The lowest BCUT2D eigenvalue weighted by Gasteiger charge is -2.31. The number of hydrogen-bond acceptors (Lipinski definition) is 6. The van der Waals surface area contributed by atoms with Crippen molar-refractivity contribution < 1.29 is 10.2 Å². The van der Waals surface area contributed by atoms with Gasteiger partial charge in [-0.05, 0) is 42.4 Å². The second kappa shape index (κ2) is 8.67. The molecule has 0 amide bonds. The first-order chi connectivity index (χ1) is 13.0. The van der Waals surface area contributed by atoms with Crippen LogP contribution in [0.3, 0.4) is 0 Å². The summed E-state index contributed by atoms with van der Waals surface area (Å²) in [5, 5.41) is 22.0. The SMILES string of the molecule is CC(C)c1cc(N2CCc3cc([C@H](C)O)ccc3C2)nc(NCCCO)n1. The van der Waals surface area contributed by atoms with E-state index in [9.17, 15) is 5.11 Å². The van der Waals surface area contributed by atoms with Crippen molar-refractivity contribution in [3.05, 3.63) is 46.6 Å². The third-order valence-electron chi connectivity index (χ3n) is 4.99. The van der Waals surface area contributed by atoms with Gasteiger partial charge in [-0.25, -0.2) is 4.98 Å². The van der Waals surface area contributed by atoms with E-state index in [1.807, 2.05) is 6.07 Å². The van der Waals surface area contributed by atoms with E-state index >= 15 is 0 Å². The van der Waals surface area contributed by atoms with E-state index < -0.39 is 6.10 Å². The fraction of sp³-hybridized carbons (Fsp3) is 0.524. The van der Waals surface area contributed by atoms with E-state index in [2.05, 4.69) is 47.2 Å². The van der Waals surface area contributed by atoms with Crippen molar-refractivity contribution in [3.8, 4) is 0 Å². The van der Waals surface area contributed by atoms with Crippen molar-refractivity contribution >= 4 is 11.8 Å². The Labute approximate surface area is 161 Å². The summed E-state index contributed by atoms with van der Waals surface area (Å²) >= 11 is 0. The van der Waals surface area contributed by atoms with Crippen molar-refractivity contribution in [2.24, 2.45) is 0 Å². The van der Waals surface area contributed by atoms with E-state index in [1.165, 1.54) is 11.1 Å². The molecule has 0 spiro atoms. The Morgan fingerprint density at radius 1 is 1.15 bits per heavy atom. The average molecular weight is 370 g/mol. The Morgan fingerprint density at radius 2 is 1.96 bits per heavy atom. The van der Waals surface area contributed by atoms with Gasteiger partial charge in [-0.15, -0.1) is 0 Å². The molecular formula is C21H30N4O2. The molecule has 3 rings (SSSR count). The van der Waals surface area contributed by atoms with Crippen molar-refractivity contribution in [1.82, 2.24) is 9.97 Å². The van der Waals surface area contributed by atoms with E-state index in [0.29, 0.717) is 24.8 Å². The van der Waals surface area contributed by atoms with Crippen LogP contribution in [-0.4, -0.2) is 39.9 Å². The van der Waals surface area contributed by atoms with Crippen LogP contribution in [0.1, 0.15) is 61.6 Å². The maximum atomic E-state index is 9.81. The van der Waals surface area contributed by atoms with Crippen LogP contribution in [0.25, 0.3) is 0 Å². The van der Waals surface area contributed by atoms with Crippen LogP contribution in [-0.2, 0) is 13.0 Å². The topological polar surface area (TPSA) is 81.5 Å². The van der Waals surface area contributed by atoms with Crippen LogP contribution < -0.4 is 10.2 Å². The molecule has 6 nitrogen and oxygen atoms in total. The van der Waals surface area contributed by atoms with Crippen molar-refractivity contribution in [3.63, 3.8) is 0 Å². The third kappa shape index (κ3) is 4.76. The van der Waals surface area contributed by atoms with Gasteiger partial charge in [0.05, 0.1) is 11.8 Å². The number of hydrogen-bond donors (Lipinski definition) is 3. The molecule has 146 valence electrons. The van der Waals surface area contributed by atoms with E-state index in [4.69, 9.17) is 10.1 Å². The van der Waals surface area contributed by atoms with E-state index in [0.717, 1.165) is 36.6 Å².